The van der Waals surface area contributed by atoms with Crippen molar-refractivity contribution in [2.75, 3.05) is 7.11 Å². The van der Waals surface area contributed by atoms with Crippen LogP contribution in [0.4, 0.5) is 0 Å². The van der Waals surface area contributed by atoms with Crippen LogP contribution in [0, 0.1) is 0 Å². The maximum Gasteiger partial charge on any atom is 0.338 e. The third-order valence-corrected chi connectivity index (χ3v) is 2.55. The highest BCUT2D eigenvalue weighted by molar-refractivity contribution is 9.10. The standard InChI is InChI=1S/C12H9BrN2O2/c1-17-12(16)8-6-10(15-11(13)7-8)9-4-2-3-5-14-9/h2-7H,1H3. The molecular formula is C12H9BrN2O2. The van der Waals surface area contributed by atoms with Gasteiger partial charge in [-0.1, -0.05) is 6.07 Å². The Morgan fingerprint density at radius 1 is 1.29 bits per heavy atom. The SMILES string of the molecule is COC(=O)c1cc(Br)nc(-c2ccccn2)c1. The minimum atomic E-state index is -0.398. The molecule has 0 atom stereocenters. The Hall–Kier alpha value is -1.75. The molecule has 0 saturated carbocycles. The summed E-state index contributed by atoms with van der Waals surface area (Å²) in [6, 6.07) is 8.78. The molecule has 86 valence electrons. The Labute approximate surface area is 107 Å². The van der Waals surface area contributed by atoms with E-state index < -0.39 is 5.97 Å². The molecule has 0 aliphatic carbocycles. The van der Waals surface area contributed by atoms with E-state index in [-0.39, 0.29) is 0 Å². The molecule has 0 fully saturated rings. The smallest absolute Gasteiger partial charge is 0.338 e. The van der Waals surface area contributed by atoms with Crippen molar-refractivity contribution < 1.29 is 9.53 Å². The fourth-order valence-electron chi connectivity index (χ4n) is 1.38. The van der Waals surface area contributed by atoms with Crippen LogP contribution >= 0.6 is 15.9 Å². The molecule has 2 aromatic rings. The van der Waals surface area contributed by atoms with Crippen LogP contribution in [-0.4, -0.2) is 23.0 Å². The molecule has 2 aromatic heterocycles. The fraction of sp³-hybridized carbons (Fsp3) is 0.0833. The van der Waals surface area contributed by atoms with E-state index in [0.29, 0.717) is 21.6 Å². The number of hydrogen-bond donors (Lipinski definition) is 0. The second kappa shape index (κ2) is 5.05. The summed E-state index contributed by atoms with van der Waals surface area (Å²) in [4.78, 5) is 19.9. The van der Waals surface area contributed by atoms with E-state index in [1.807, 2.05) is 18.2 Å². The molecule has 2 heterocycles. The van der Waals surface area contributed by atoms with Gasteiger partial charge >= 0.3 is 5.97 Å². The third kappa shape index (κ3) is 2.68. The monoisotopic (exact) mass is 292 g/mol. The summed E-state index contributed by atoms with van der Waals surface area (Å²) in [7, 11) is 1.34. The first-order chi connectivity index (χ1) is 8.20. The number of nitrogens with zero attached hydrogens (tertiary/aromatic N) is 2. The fourth-order valence-corrected chi connectivity index (χ4v) is 1.82. The average Bonchev–Trinajstić information content (AvgIpc) is 2.38. The van der Waals surface area contributed by atoms with Crippen molar-refractivity contribution >= 4 is 21.9 Å². The first-order valence-corrected chi connectivity index (χ1v) is 5.67. The Bertz CT molecular complexity index is 543. The van der Waals surface area contributed by atoms with Crippen LogP contribution in [-0.2, 0) is 4.74 Å². The van der Waals surface area contributed by atoms with Crippen molar-refractivity contribution in [1.82, 2.24) is 9.97 Å². The number of rotatable bonds is 2. The molecule has 2 rings (SSSR count). The van der Waals surface area contributed by atoms with Crippen LogP contribution in [0.15, 0.2) is 41.1 Å². The molecule has 0 aliphatic rings. The van der Waals surface area contributed by atoms with Gasteiger partial charge in [-0.05, 0) is 40.2 Å². The second-order valence-corrected chi connectivity index (χ2v) is 4.08. The number of carbonyl (C=O) groups excluding carboxylic acids is 1. The van der Waals surface area contributed by atoms with Gasteiger partial charge < -0.3 is 4.74 Å². The lowest BCUT2D eigenvalue weighted by Crippen LogP contribution is -2.02. The average molecular weight is 293 g/mol. The topological polar surface area (TPSA) is 52.1 Å². The Morgan fingerprint density at radius 2 is 2.12 bits per heavy atom. The van der Waals surface area contributed by atoms with E-state index in [9.17, 15) is 4.79 Å². The van der Waals surface area contributed by atoms with E-state index in [1.54, 1.807) is 18.3 Å². The number of hydrogen-bond acceptors (Lipinski definition) is 4. The Morgan fingerprint density at radius 3 is 2.76 bits per heavy atom. The third-order valence-electron chi connectivity index (χ3n) is 2.14. The van der Waals surface area contributed by atoms with Gasteiger partial charge in [0.2, 0.25) is 0 Å². The van der Waals surface area contributed by atoms with Gasteiger partial charge in [-0.15, -0.1) is 0 Å². The minimum Gasteiger partial charge on any atom is -0.465 e. The summed E-state index contributed by atoms with van der Waals surface area (Å²) in [5.41, 5.74) is 1.77. The maximum atomic E-state index is 11.5. The van der Waals surface area contributed by atoms with Gasteiger partial charge in [0.1, 0.15) is 4.60 Å². The number of esters is 1. The van der Waals surface area contributed by atoms with Crippen molar-refractivity contribution in [1.29, 1.82) is 0 Å². The lowest BCUT2D eigenvalue weighted by molar-refractivity contribution is 0.0600. The molecule has 0 aliphatic heterocycles. The Balaban J connectivity index is 2.49. The predicted molar refractivity (Wildman–Crippen MR) is 66.5 cm³/mol. The van der Waals surface area contributed by atoms with Crippen LogP contribution < -0.4 is 0 Å². The van der Waals surface area contributed by atoms with Crippen LogP contribution in [0.1, 0.15) is 10.4 Å². The van der Waals surface area contributed by atoms with Crippen molar-refractivity contribution in [2.45, 2.75) is 0 Å². The zero-order chi connectivity index (χ0) is 12.3. The summed E-state index contributed by atoms with van der Waals surface area (Å²) < 4.78 is 5.24. The second-order valence-electron chi connectivity index (χ2n) is 3.27. The first kappa shape index (κ1) is 11.7. The van der Waals surface area contributed by atoms with Crippen molar-refractivity contribution in [3.63, 3.8) is 0 Å². The highest BCUT2D eigenvalue weighted by Gasteiger charge is 2.10. The van der Waals surface area contributed by atoms with E-state index in [0.717, 1.165) is 0 Å². The van der Waals surface area contributed by atoms with Crippen LogP contribution in [0.25, 0.3) is 11.4 Å². The molecule has 5 heteroatoms. The molecule has 0 amide bonds. The molecule has 4 nitrogen and oxygen atoms in total. The summed E-state index contributed by atoms with van der Waals surface area (Å²) in [5.74, 6) is -0.398. The highest BCUT2D eigenvalue weighted by Crippen LogP contribution is 2.20. The van der Waals surface area contributed by atoms with Crippen LogP contribution in [0.2, 0.25) is 0 Å². The van der Waals surface area contributed by atoms with Gasteiger partial charge in [0.05, 0.1) is 24.1 Å². The maximum absolute atomic E-state index is 11.5. The number of pyridine rings is 2. The van der Waals surface area contributed by atoms with Crippen molar-refractivity contribution in [3.05, 3.63) is 46.7 Å². The van der Waals surface area contributed by atoms with Crippen LogP contribution in [0.3, 0.4) is 0 Å². The number of carbonyl (C=O) groups is 1. The predicted octanol–water partition coefficient (Wildman–Crippen LogP) is 2.69. The number of ether oxygens (including phenoxy) is 1. The molecule has 0 aromatic carbocycles. The molecule has 17 heavy (non-hydrogen) atoms. The Kier molecular flexibility index (Phi) is 3.49. The van der Waals surface area contributed by atoms with Crippen molar-refractivity contribution in [3.8, 4) is 11.4 Å². The molecule has 0 spiro atoms. The normalized spacial score (nSPS) is 10.0. The molecule has 0 bridgehead atoms. The molecule has 0 saturated heterocycles. The first-order valence-electron chi connectivity index (χ1n) is 4.88. The van der Waals surface area contributed by atoms with Gasteiger partial charge in [-0.2, -0.15) is 0 Å². The van der Waals surface area contributed by atoms with Crippen LogP contribution in [0.5, 0.6) is 0 Å². The van der Waals surface area contributed by atoms with Gasteiger partial charge in [-0.3, -0.25) is 4.98 Å². The van der Waals surface area contributed by atoms with E-state index >= 15 is 0 Å². The molecule has 0 unspecified atom stereocenters. The van der Waals surface area contributed by atoms with E-state index in [4.69, 9.17) is 0 Å². The van der Waals surface area contributed by atoms with E-state index in [2.05, 4.69) is 30.6 Å². The molecular weight excluding hydrogens is 284 g/mol. The van der Waals surface area contributed by atoms with Crippen molar-refractivity contribution in [2.24, 2.45) is 0 Å². The van der Waals surface area contributed by atoms with Gasteiger partial charge in [0, 0.05) is 6.20 Å². The summed E-state index contributed by atoms with van der Waals surface area (Å²) in [5, 5.41) is 0. The highest BCUT2D eigenvalue weighted by atomic mass is 79.9. The molecule has 0 N–H and O–H groups in total. The van der Waals surface area contributed by atoms with Gasteiger partial charge in [0.15, 0.2) is 0 Å². The molecule has 0 radical (unpaired) electrons. The zero-order valence-corrected chi connectivity index (χ0v) is 10.6. The number of methoxy groups -OCH3 is 1. The number of halogens is 1. The summed E-state index contributed by atoms with van der Waals surface area (Å²) in [6.07, 6.45) is 1.68. The van der Waals surface area contributed by atoms with E-state index in [1.165, 1.54) is 7.11 Å². The zero-order valence-electron chi connectivity index (χ0n) is 9.05. The lowest BCUT2D eigenvalue weighted by Gasteiger charge is -2.04. The minimum absolute atomic E-state index is 0.398. The van der Waals surface area contributed by atoms with Gasteiger partial charge in [0.25, 0.3) is 0 Å². The lowest BCUT2D eigenvalue weighted by atomic mass is 10.2. The largest absolute Gasteiger partial charge is 0.465 e. The number of aromatic nitrogens is 2. The summed E-state index contributed by atoms with van der Waals surface area (Å²) >= 11 is 3.26. The van der Waals surface area contributed by atoms with Gasteiger partial charge in [-0.25, -0.2) is 9.78 Å². The quantitative estimate of drug-likeness (QED) is 0.631. The summed E-state index contributed by atoms with van der Waals surface area (Å²) in [6.45, 7) is 0.